The van der Waals surface area contributed by atoms with E-state index in [1.54, 1.807) is 55.1 Å². The standard InChI is InChI=1S/C31H44N4O5/c1-20-19-32-28(24-13-14-24)31(39)35(4)21(2)29(37)33-26(18-22-11-15-25(36)16-12-22)30(38)34(3)17-7-9-23-8-5-6-10-27(23)40-20/h5-6,8,10-12,15-16,20-21,24,26,28-29,32-33,36-37H,7,9,13-14,17-19H2,1-4H3/t20-,21-,26-,28+,29?/m1/s1. The smallest absolute Gasteiger partial charge is 0.240 e. The third-order valence-corrected chi connectivity index (χ3v) is 8.06. The number of fused-ring (bicyclic) bond motifs is 1. The molecule has 1 unspecified atom stereocenters. The third-order valence-electron chi connectivity index (χ3n) is 8.06. The van der Waals surface area contributed by atoms with Crippen LogP contribution in [-0.4, -0.2) is 89.5 Å². The first-order valence-electron chi connectivity index (χ1n) is 14.4. The van der Waals surface area contributed by atoms with Crippen LogP contribution in [0.5, 0.6) is 11.5 Å². The molecule has 4 N–H and O–H groups in total. The number of carbonyl (C=O) groups is 2. The van der Waals surface area contributed by atoms with Gasteiger partial charge < -0.3 is 30.1 Å². The van der Waals surface area contributed by atoms with Crippen LogP contribution in [-0.2, 0) is 22.4 Å². The summed E-state index contributed by atoms with van der Waals surface area (Å²) in [5, 5.41) is 27.4. The summed E-state index contributed by atoms with van der Waals surface area (Å²) in [6.07, 6.45) is 2.53. The molecule has 0 aromatic heterocycles. The van der Waals surface area contributed by atoms with Crippen molar-refractivity contribution in [2.75, 3.05) is 27.2 Å². The monoisotopic (exact) mass is 552 g/mol. The molecule has 0 spiro atoms. The summed E-state index contributed by atoms with van der Waals surface area (Å²) in [6, 6.07) is 13.0. The Balaban J connectivity index is 1.59. The van der Waals surface area contributed by atoms with E-state index in [9.17, 15) is 19.8 Å². The lowest BCUT2D eigenvalue weighted by molar-refractivity contribution is -0.138. The Hall–Kier alpha value is -3.14. The lowest BCUT2D eigenvalue weighted by atomic mass is 10.0. The molecule has 1 aliphatic heterocycles. The maximum absolute atomic E-state index is 13.6. The first-order chi connectivity index (χ1) is 19.1. The van der Waals surface area contributed by atoms with E-state index in [4.69, 9.17) is 4.74 Å². The van der Waals surface area contributed by atoms with E-state index in [-0.39, 0.29) is 35.6 Å². The molecule has 1 saturated carbocycles. The maximum Gasteiger partial charge on any atom is 0.240 e. The second-order valence-electron chi connectivity index (χ2n) is 11.3. The second kappa shape index (κ2) is 13.5. The summed E-state index contributed by atoms with van der Waals surface area (Å²) in [5.74, 6) is 1.00. The highest BCUT2D eigenvalue weighted by Gasteiger charge is 2.39. The first kappa shape index (κ1) is 29.8. The van der Waals surface area contributed by atoms with Crippen LogP contribution >= 0.6 is 0 Å². The highest BCUT2D eigenvalue weighted by molar-refractivity contribution is 5.83. The fourth-order valence-corrected chi connectivity index (χ4v) is 5.21. The summed E-state index contributed by atoms with van der Waals surface area (Å²) in [7, 11) is 3.47. The number of aliphatic hydroxyl groups is 1. The molecule has 4 rings (SSSR count). The first-order valence-corrected chi connectivity index (χ1v) is 14.4. The lowest BCUT2D eigenvalue weighted by Gasteiger charge is -2.35. The number of likely N-dealkylation sites (N-methyl/N-ethyl adjacent to an activating group) is 2. The van der Waals surface area contributed by atoms with Gasteiger partial charge in [0.15, 0.2) is 0 Å². The minimum atomic E-state index is -1.12. The zero-order valence-corrected chi connectivity index (χ0v) is 24.0. The minimum absolute atomic E-state index is 0.0805. The number of ether oxygens (including phenoxy) is 1. The number of amides is 2. The van der Waals surface area contributed by atoms with Crippen molar-refractivity contribution in [2.45, 2.75) is 76.4 Å². The van der Waals surface area contributed by atoms with Crippen molar-refractivity contribution in [3.63, 3.8) is 0 Å². The molecule has 5 atom stereocenters. The van der Waals surface area contributed by atoms with E-state index >= 15 is 0 Å². The highest BCUT2D eigenvalue weighted by atomic mass is 16.5. The number of aliphatic hydroxyl groups excluding tert-OH is 1. The molecule has 218 valence electrons. The number of phenolic OH excluding ortho intramolecular Hbond substituents is 1. The fraction of sp³-hybridized carbons (Fsp3) is 0.548. The molecule has 2 aromatic carbocycles. The quantitative estimate of drug-likeness (QED) is 0.462. The number of carbonyl (C=O) groups excluding carboxylic acids is 2. The number of aryl methyl sites for hydroxylation is 1. The zero-order valence-electron chi connectivity index (χ0n) is 24.0. The Morgan fingerprint density at radius 2 is 1.70 bits per heavy atom. The Morgan fingerprint density at radius 3 is 2.40 bits per heavy atom. The zero-order chi connectivity index (χ0) is 28.8. The summed E-state index contributed by atoms with van der Waals surface area (Å²) < 4.78 is 6.29. The predicted octanol–water partition coefficient (Wildman–Crippen LogP) is 2.30. The van der Waals surface area contributed by atoms with Gasteiger partial charge in [0.25, 0.3) is 0 Å². The number of aromatic hydroxyl groups is 1. The molecule has 0 radical (unpaired) electrons. The van der Waals surface area contributed by atoms with Crippen LogP contribution in [0.15, 0.2) is 48.5 Å². The summed E-state index contributed by atoms with van der Waals surface area (Å²) in [4.78, 5) is 30.5. The van der Waals surface area contributed by atoms with Gasteiger partial charge in [-0.3, -0.25) is 14.9 Å². The maximum atomic E-state index is 13.6. The van der Waals surface area contributed by atoms with E-state index in [1.165, 1.54) is 0 Å². The van der Waals surface area contributed by atoms with Crippen molar-refractivity contribution in [1.29, 1.82) is 0 Å². The van der Waals surface area contributed by atoms with Gasteiger partial charge >= 0.3 is 0 Å². The number of nitrogens with one attached hydrogen (secondary N) is 2. The largest absolute Gasteiger partial charge is 0.508 e. The number of hydrogen-bond donors (Lipinski definition) is 4. The van der Waals surface area contributed by atoms with Crippen LogP contribution in [0.1, 0.15) is 44.2 Å². The molecule has 2 amide bonds. The van der Waals surface area contributed by atoms with Gasteiger partial charge in [0, 0.05) is 27.2 Å². The van der Waals surface area contributed by atoms with Crippen LogP contribution in [0.3, 0.4) is 0 Å². The Morgan fingerprint density at radius 1 is 1.00 bits per heavy atom. The lowest BCUT2D eigenvalue weighted by Crippen LogP contribution is -2.59. The number of rotatable bonds is 3. The average molecular weight is 553 g/mol. The van der Waals surface area contributed by atoms with E-state index in [0.29, 0.717) is 19.5 Å². The molecule has 0 saturated heterocycles. The van der Waals surface area contributed by atoms with E-state index in [0.717, 1.165) is 42.6 Å². The molecule has 2 aliphatic rings. The van der Waals surface area contributed by atoms with Gasteiger partial charge in [0.05, 0.1) is 18.1 Å². The van der Waals surface area contributed by atoms with E-state index in [2.05, 4.69) is 10.6 Å². The van der Waals surface area contributed by atoms with Crippen molar-refractivity contribution >= 4 is 11.8 Å². The van der Waals surface area contributed by atoms with Crippen LogP contribution in [0.4, 0.5) is 0 Å². The molecule has 1 aliphatic carbocycles. The van der Waals surface area contributed by atoms with Gasteiger partial charge in [0.2, 0.25) is 11.8 Å². The van der Waals surface area contributed by atoms with Crippen molar-refractivity contribution in [3.05, 3.63) is 59.7 Å². The summed E-state index contributed by atoms with van der Waals surface area (Å²) >= 11 is 0. The Bertz CT molecular complexity index is 1140. The number of hydrogen-bond acceptors (Lipinski definition) is 7. The molecule has 40 heavy (non-hydrogen) atoms. The van der Waals surface area contributed by atoms with Crippen molar-refractivity contribution < 1.29 is 24.5 Å². The summed E-state index contributed by atoms with van der Waals surface area (Å²) in [6.45, 7) is 4.84. The third kappa shape index (κ3) is 7.74. The normalized spacial score (nSPS) is 27.9. The molecule has 0 bridgehead atoms. The summed E-state index contributed by atoms with van der Waals surface area (Å²) in [5.41, 5.74) is 1.93. The SMILES string of the molecule is C[C@@H]1CN[C@@H](C2CC2)C(=O)N(C)[C@H](C)C(O)N[C@H](Cc2ccc(O)cc2)C(=O)N(C)CCCc2ccccc2O1. The van der Waals surface area contributed by atoms with Gasteiger partial charge in [-0.05, 0) is 81.2 Å². The number of benzene rings is 2. The number of phenols is 1. The van der Waals surface area contributed by atoms with E-state index in [1.807, 2.05) is 31.2 Å². The van der Waals surface area contributed by atoms with Gasteiger partial charge in [-0.15, -0.1) is 0 Å². The van der Waals surface area contributed by atoms with Gasteiger partial charge in [-0.1, -0.05) is 30.3 Å². The van der Waals surface area contributed by atoms with Crippen LogP contribution in [0.25, 0.3) is 0 Å². The molecule has 2 aromatic rings. The van der Waals surface area contributed by atoms with E-state index < -0.39 is 18.3 Å². The average Bonchev–Trinajstić information content (AvgIpc) is 3.78. The van der Waals surface area contributed by atoms with Crippen molar-refractivity contribution in [2.24, 2.45) is 5.92 Å². The van der Waals surface area contributed by atoms with Crippen LogP contribution in [0, 0.1) is 5.92 Å². The predicted molar refractivity (Wildman–Crippen MR) is 154 cm³/mol. The van der Waals surface area contributed by atoms with Crippen LogP contribution in [0.2, 0.25) is 0 Å². The molecule has 9 heteroatoms. The topological polar surface area (TPSA) is 114 Å². The molecule has 1 heterocycles. The van der Waals surface area contributed by atoms with Crippen molar-refractivity contribution in [1.82, 2.24) is 20.4 Å². The van der Waals surface area contributed by atoms with Crippen LogP contribution < -0.4 is 15.4 Å². The fourth-order valence-electron chi connectivity index (χ4n) is 5.21. The molecular weight excluding hydrogens is 508 g/mol. The minimum Gasteiger partial charge on any atom is -0.508 e. The second-order valence-corrected chi connectivity index (χ2v) is 11.3. The highest BCUT2D eigenvalue weighted by Crippen LogP contribution is 2.34. The number of nitrogens with zero attached hydrogens (tertiary/aromatic N) is 2. The number of para-hydroxylation sites is 1. The van der Waals surface area contributed by atoms with Crippen molar-refractivity contribution in [3.8, 4) is 11.5 Å². The van der Waals surface area contributed by atoms with Gasteiger partial charge in [-0.2, -0.15) is 0 Å². The molecule has 1 fully saturated rings. The van der Waals surface area contributed by atoms with Gasteiger partial charge in [-0.25, -0.2) is 0 Å². The molecular formula is C31H44N4O5. The Labute approximate surface area is 237 Å². The molecule has 9 nitrogen and oxygen atoms in total. The van der Waals surface area contributed by atoms with Gasteiger partial charge in [0.1, 0.15) is 23.8 Å². The Kier molecular flexibility index (Phi) is 10.1.